The average molecular weight is 450 g/mol. The van der Waals surface area contributed by atoms with Gasteiger partial charge < -0.3 is 10.2 Å². The van der Waals surface area contributed by atoms with E-state index in [-0.39, 0.29) is 10.8 Å². The van der Waals surface area contributed by atoms with Gasteiger partial charge in [0, 0.05) is 37.1 Å². The van der Waals surface area contributed by atoms with E-state index in [2.05, 4.69) is 10.2 Å². The zero-order chi connectivity index (χ0) is 22.6. The maximum absolute atomic E-state index is 12.8. The number of carbonyl (C=O) groups is 1. The van der Waals surface area contributed by atoms with Crippen LogP contribution in [0, 0.1) is 0 Å². The number of carbonyl (C=O) groups excluding carboxylic acids is 1. The van der Waals surface area contributed by atoms with Crippen LogP contribution >= 0.6 is 0 Å². The molecule has 0 radical (unpaired) electrons. The lowest BCUT2D eigenvalue weighted by molar-refractivity contribution is 0.102. The second-order valence-electron chi connectivity index (χ2n) is 7.88. The number of hydrogen-bond acceptors (Lipinski definition) is 4. The lowest BCUT2D eigenvalue weighted by Gasteiger charge is -2.28. The molecule has 0 aromatic heterocycles. The lowest BCUT2D eigenvalue weighted by Crippen LogP contribution is -2.29. The molecule has 1 saturated heterocycles. The summed E-state index contributed by atoms with van der Waals surface area (Å²) in [6, 6.07) is 22.7. The standard InChI is InChI=1S/C25H27N3O3S/c1-27(32(30,31)24-8-4-2-5-9-24)22-14-10-20(11-15-22)25(29)26-21-12-16-23(17-13-21)28-18-6-3-7-19-28/h2,4-5,8-17H,3,6-7,18-19H2,1H3,(H,26,29). The Morgan fingerprint density at radius 2 is 1.47 bits per heavy atom. The van der Waals surface area contributed by atoms with Crippen LogP contribution in [0.1, 0.15) is 29.6 Å². The smallest absolute Gasteiger partial charge is 0.264 e. The molecule has 0 bridgehead atoms. The summed E-state index contributed by atoms with van der Waals surface area (Å²) in [4.78, 5) is 15.2. The largest absolute Gasteiger partial charge is 0.372 e. The Bertz CT molecular complexity index is 1160. The Morgan fingerprint density at radius 3 is 2.09 bits per heavy atom. The number of rotatable bonds is 6. The van der Waals surface area contributed by atoms with E-state index in [4.69, 9.17) is 0 Å². The number of anilines is 3. The van der Waals surface area contributed by atoms with Crippen molar-refractivity contribution in [3.05, 3.63) is 84.4 Å². The van der Waals surface area contributed by atoms with E-state index in [1.807, 2.05) is 24.3 Å². The predicted molar refractivity (Wildman–Crippen MR) is 129 cm³/mol. The summed E-state index contributed by atoms with van der Waals surface area (Å²) in [6.07, 6.45) is 3.73. The van der Waals surface area contributed by atoms with Gasteiger partial charge >= 0.3 is 0 Å². The second kappa shape index (κ2) is 9.44. The van der Waals surface area contributed by atoms with Gasteiger partial charge in [-0.15, -0.1) is 0 Å². The van der Waals surface area contributed by atoms with Gasteiger partial charge in [-0.1, -0.05) is 18.2 Å². The van der Waals surface area contributed by atoms with Crippen molar-refractivity contribution in [2.24, 2.45) is 0 Å². The molecular formula is C25H27N3O3S. The van der Waals surface area contributed by atoms with Gasteiger partial charge in [0.25, 0.3) is 15.9 Å². The van der Waals surface area contributed by atoms with E-state index >= 15 is 0 Å². The van der Waals surface area contributed by atoms with Gasteiger partial charge in [0.2, 0.25) is 0 Å². The topological polar surface area (TPSA) is 69.7 Å². The summed E-state index contributed by atoms with van der Waals surface area (Å²) in [6.45, 7) is 2.15. The van der Waals surface area contributed by atoms with E-state index in [1.165, 1.54) is 36.3 Å². The van der Waals surface area contributed by atoms with Crippen molar-refractivity contribution in [1.82, 2.24) is 0 Å². The molecule has 0 saturated carbocycles. The third-order valence-corrected chi connectivity index (χ3v) is 7.54. The zero-order valence-corrected chi connectivity index (χ0v) is 18.9. The van der Waals surface area contributed by atoms with Crippen LogP contribution in [-0.2, 0) is 10.0 Å². The number of piperidine rings is 1. The van der Waals surface area contributed by atoms with Crippen LogP contribution in [0.4, 0.5) is 17.1 Å². The lowest BCUT2D eigenvalue weighted by atomic mass is 10.1. The van der Waals surface area contributed by atoms with Crippen LogP contribution in [0.3, 0.4) is 0 Å². The highest BCUT2D eigenvalue weighted by Gasteiger charge is 2.21. The molecule has 166 valence electrons. The molecule has 3 aromatic carbocycles. The minimum atomic E-state index is -3.66. The van der Waals surface area contributed by atoms with Crippen LogP contribution in [-0.4, -0.2) is 34.5 Å². The molecule has 4 rings (SSSR count). The fourth-order valence-electron chi connectivity index (χ4n) is 3.82. The first kappa shape index (κ1) is 21.9. The van der Waals surface area contributed by atoms with Gasteiger partial charge in [-0.3, -0.25) is 9.10 Å². The number of sulfonamides is 1. The number of hydrogen-bond donors (Lipinski definition) is 1. The molecule has 7 heteroatoms. The van der Waals surface area contributed by atoms with Crippen molar-refractivity contribution in [1.29, 1.82) is 0 Å². The molecule has 0 spiro atoms. The van der Waals surface area contributed by atoms with Gasteiger partial charge in [-0.25, -0.2) is 8.42 Å². The molecule has 0 unspecified atom stereocenters. The first-order valence-electron chi connectivity index (χ1n) is 10.8. The molecule has 1 aliphatic rings. The van der Waals surface area contributed by atoms with Gasteiger partial charge in [0.05, 0.1) is 10.6 Å². The Morgan fingerprint density at radius 1 is 0.844 bits per heavy atom. The van der Waals surface area contributed by atoms with Gasteiger partial charge in [0.15, 0.2) is 0 Å². The van der Waals surface area contributed by atoms with Crippen LogP contribution < -0.4 is 14.5 Å². The average Bonchev–Trinajstić information content (AvgIpc) is 2.85. The normalized spacial score (nSPS) is 14.1. The summed E-state index contributed by atoms with van der Waals surface area (Å²) < 4.78 is 26.8. The molecule has 0 atom stereocenters. The van der Waals surface area contributed by atoms with Crippen LogP contribution in [0.15, 0.2) is 83.8 Å². The highest BCUT2D eigenvalue weighted by Crippen LogP contribution is 2.24. The van der Waals surface area contributed by atoms with Crippen molar-refractivity contribution in [2.45, 2.75) is 24.2 Å². The maximum Gasteiger partial charge on any atom is 0.264 e. The summed E-state index contributed by atoms with van der Waals surface area (Å²) in [5.74, 6) is -0.240. The molecule has 1 N–H and O–H groups in total. The molecule has 1 amide bonds. The minimum absolute atomic E-state index is 0.220. The van der Waals surface area contributed by atoms with Gasteiger partial charge in [-0.2, -0.15) is 0 Å². The number of nitrogens with one attached hydrogen (secondary N) is 1. The van der Waals surface area contributed by atoms with Gasteiger partial charge in [-0.05, 0) is 79.9 Å². The molecule has 1 heterocycles. The van der Waals surface area contributed by atoms with E-state index in [9.17, 15) is 13.2 Å². The van der Waals surface area contributed by atoms with Crippen molar-refractivity contribution in [2.75, 3.05) is 34.7 Å². The Balaban J connectivity index is 1.42. The van der Waals surface area contributed by atoms with E-state index in [0.29, 0.717) is 11.3 Å². The molecule has 32 heavy (non-hydrogen) atoms. The maximum atomic E-state index is 12.8. The Kier molecular flexibility index (Phi) is 6.46. The molecule has 6 nitrogen and oxygen atoms in total. The Hall–Kier alpha value is -3.32. The molecule has 0 aliphatic carbocycles. The van der Waals surface area contributed by atoms with Crippen molar-refractivity contribution >= 4 is 33.0 Å². The summed E-state index contributed by atoms with van der Waals surface area (Å²) in [5.41, 5.74) is 2.84. The van der Waals surface area contributed by atoms with E-state index in [0.717, 1.165) is 18.8 Å². The fourth-order valence-corrected chi connectivity index (χ4v) is 5.04. The fraction of sp³-hybridized carbons (Fsp3) is 0.240. The van der Waals surface area contributed by atoms with Crippen LogP contribution in [0.5, 0.6) is 0 Å². The first-order valence-corrected chi connectivity index (χ1v) is 12.2. The third kappa shape index (κ3) is 4.78. The first-order chi connectivity index (χ1) is 15.4. The quantitative estimate of drug-likeness (QED) is 0.589. The molecule has 3 aromatic rings. The van der Waals surface area contributed by atoms with Crippen LogP contribution in [0.25, 0.3) is 0 Å². The molecule has 1 aliphatic heterocycles. The van der Waals surface area contributed by atoms with E-state index in [1.54, 1.807) is 54.6 Å². The number of nitrogens with zero attached hydrogens (tertiary/aromatic N) is 2. The molecule has 1 fully saturated rings. The van der Waals surface area contributed by atoms with Crippen LogP contribution in [0.2, 0.25) is 0 Å². The second-order valence-corrected chi connectivity index (χ2v) is 9.85. The highest BCUT2D eigenvalue weighted by atomic mass is 32.2. The van der Waals surface area contributed by atoms with Crippen molar-refractivity contribution in [3.63, 3.8) is 0 Å². The summed E-state index contributed by atoms with van der Waals surface area (Å²) >= 11 is 0. The van der Waals surface area contributed by atoms with Gasteiger partial charge in [0.1, 0.15) is 0 Å². The Labute approximate surface area is 189 Å². The third-order valence-electron chi connectivity index (χ3n) is 5.74. The number of benzene rings is 3. The van der Waals surface area contributed by atoms with Crippen molar-refractivity contribution in [3.8, 4) is 0 Å². The summed E-state index contributed by atoms with van der Waals surface area (Å²) in [5, 5.41) is 2.90. The number of amides is 1. The SMILES string of the molecule is CN(c1ccc(C(=O)Nc2ccc(N3CCCCC3)cc2)cc1)S(=O)(=O)c1ccccc1. The zero-order valence-electron chi connectivity index (χ0n) is 18.1. The van der Waals surface area contributed by atoms with Crippen molar-refractivity contribution < 1.29 is 13.2 Å². The highest BCUT2D eigenvalue weighted by molar-refractivity contribution is 7.92. The predicted octanol–water partition coefficient (Wildman–Crippen LogP) is 4.75. The minimum Gasteiger partial charge on any atom is -0.372 e. The molecular weight excluding hydrogens is 422 g/mol. The van der Waals surface area contributed by atoms with E-state index < -0.39 is 10.0 Å². The monoisotopic (exact) mass is 449 g/mol. The summed E-state index contributed by atoms with van der Waals surface area (Å²) in [7, 11) is -2.16.